The monoisotopic (exact) mass is 259 g/mol. The van der Waals surface area contributed by atoms with E-state index in [1.807, 2.05) is 12.3 Å². The van der Waals surface area contributed by atoms with Crippen LogP contribution in [0.25, 0.3) is 0 Å². The molecule has 1 aromatic rings. The third-order valence-electron chi connectivity index (χ3n) is 3.42. The molecule has 1 aromatic heterocycles. The predicted molar refractivity (Wildman–Crippen MR) is 81.5 cm³/mol. The molecule has 19 heavy (non-hydrogen) atoms. The average Bonchev–Trinajstić information content (AvgIpc) is 3.18. The van der Waals surface area contributed by atoms with Gasteiger partial charge < -0.3 is 10.2 Å². The summed E-state index contributed by atoms with van der Waals surface area (Å²) >= 11 is 0. The third-order valence-corrected chi connectivity index (χ3v) is 3.42. The Bertz CT molecular complexity index is 436. The van der Waals surface area contributed by atoms with Crippen molar-refractivity contribution in [2.45, 2.75) is 52.2 Å². The zero-order valence-electron chi connectivity index (χ0n) is 12.3. The quantitative estimate of drug-likeness (QED) is 0.763. The van der Waals surface area contributed by atoms with Gasteiger partial charge in [0, 0.05) is 48.3 Å². The van der Waals surface area contributed by atoms with Gasteiger partial charge in [0.25, 0.3) is 0 Å². The van der Waals surface area contributed by atoms with Crippen molar-refractivity contribution >= 4 is 5.69 Å². The highest BCUT2D eigenvalue weighted by Crippen LogP contribution is 2.33. The molecule has 1 saturated carbocycles. The topological polar surface area (TPSA) is 28.2 Å². The Morgan fingerprint density at radius 1 is 1.53 bits per heavy atom. The second-order valence-electron chi connectivity index (χ2n) is 5.66. The van der Waals surface area contributed by atoms with Gasteiger partial charge >= 0.3 is 0 Å². The molecule has 1 heterocycles. The van der Waals surface area contributed by atoms with Gasteiger partial charge in [-0.3, -0.25) is 4.98 Å². The van der Waals surface area contributed by atoms with Crippen molar-refractivity contribution < 1.29 is 0 Å². The van der Waals surface area contributed by atoms with Crippen LogP contribution in [-0.2, 0) is 6.54 Å². The zero-order chi connectivity index (χ0) is 13.8. The first-order valence-electron chi connectivity index (χ1n) is 7.18. The van der Waals surface area contributed by atoms with Gasteiger partial charge in [0.15, 0.2) is 0 Å². The first-order valence-corrected chi connectivity index (χ1v) is 7.18. The highest BCUT2D eigenvalue weighted by Gasteiger charge is 2.29. The molecule has 1 aliphatic rings. The molecule has 1 fully saturated rings. The molecule has 1 aliphatic carbocycles. The standard InChI is InChI=1S/C16H25N3/c1-5-8-19(15-6-7-15)16-9-13(4)18-11-14(16)10-17-12(2)3/h5,9,11-12,15,17H,1,6-8,10H2,2-4H3. The molecule has 0 aliphatic heterocycles. The van der Waals surface area contributed by atoms with E-state index in [4.69, 9.17) is 0 Å². The van der Waals surface area contributed by atoms with Crippen molar-refractivity contribution in [3.8, 4) is 0 Å². The Kier molecular flexibility index (Phi) is 4.59. The van der Waals surface area contributed by atoms with Gasteiger partial charge in [-0.15, -0.1) is 6.58 Å². The number of rotatable bonds is 7. The van der Waals surface area contributed by atoms with Crippen LogP contribution in [0.5, 0.6) is 0 Å². The first kappa shape index (κ1) is 14.1. The van der Waals surface area contributed by atoms with Crippen molar-refractivity contribution in [1.82, 2.24) is 10.3 Å². The summed E-state index contributed by atoms with van der Waals surface area (Å²) in [5.41, 5.74) is 3.69. The zero-order valence-corrected chi connectivity index (χ0v) is 12.3. The fraction of sp³-hybridized carbons (Fsp3) is 0.562. The normalized spacial score (nSPS) is 14.7. The fourth-order valence-corrected chi connectivity index (χ4v) is 2.26. The Morgan fingerprint density at radius 2 is 2.26 bits per heavy atom. The van der Waals surface area contributed by atoms with Gasteiger partial charge in [-0.05, 0) is 25.8 Å². The Morgan fingerprint density at radius 3 is 2.84 bits per heavy atom. The van der Waals surface area contributed by atoms with Gasteiger partial charge in [0.05, 0.1) is 0 Å². The summed E-state index contributed by atoms with van der Waals surface area (Å²) in [6.45, 7) is 12.1. The molecular weight excluding hydrogens is 234 g/mol. The molecule has 0 radical (unpaired) electrons. The molecule has 0 bridgehead atoms. The number of hydrogen-bond acceptors (Lipinski definition) is 3. The summed E-state index contributed by atoms with van der Waals surface area (Å²) in [5.74, 6) is 0. The van der Waals surface area contributed by atoms with Gasteiger partial charge in [0.2, 0.25) is 0 Å². The minimum Gasteiger partial charge on any atom is -0.364 e. The van der Waals surface area contributed by atoms with Crippen LogP contribution in [0.1, 0.15) is 37.9 Å². The molecule has 0 unspecified atom stereocenters. The molecular formula is C16H25N3. The highest BCUT2D eigenvalue weighted by molar-refractivity contribution is 5.56. The lowest BCUT2D eigenvalue weighted by Gasteiger charge is -2.26. The second kappa shape index (κ2) is 6.20. The van der Waals surface area contributed by atoms with Crippen LogP contribution in [0.15, 0.2) is 24.9 Å². The van der Waals surface area contributed by atoms with Crippen LogP contribution in [0.3, 0.4) is 0 Å². The molecule has 104 valence electrons. The summed E-state index contributed by atoms with van der Waals surface area (Å²) in [5, 5.41) is 3.49. The number of aryl methyl sites for hydroxylation is 1. The minimum atomic E-state index is 0.489. The number of aromatic nitrogens is 1. The maximum absolute atomic E-state index is 4.45. The molecule has 3 nitrogen and oxygen atoms in total. The molecule has 1 N–H and O–H groups in total. The summed E-state index contributed by atoms with van der Waals surface area (Å²) in [6, 6.07) is 3.39. The van der Waals surface area contributed by atoms with Crippen molar-refractivity contribution in [3.63, 3.8) is 0 Å². The van der Waals surface area contributed by atoms with E-state index in [0.29, 0.717) is 12.1 Å². The smallest absolute Gasteiger partial charge is 0.0450 e. The maximum Gasteiger partial charge on any atom is 0.0450 e. The van der Waals surface area contributed by atoms with E-state index in [2.05, 4.69) is 48.6 Å². The number of hydrogen-bond donors (Lipinski definition) is 1. The van der Waals surface area contributed by atoms with E-state index >= 15 is 0 Å². The highest BCUT2D eigenvalue weighted by atomic mass is 15.2. The van der Waals surface area contributed by atoms with Crippen molar-refractivity contribution in [1.29, 1.82) is 0 Å². The Balaban J connectivity index is 2.24. The summed E-state index contributed by atoms with van der Waals surface area (Å²) in [6.07, 6.45) is 6.60. The third kappa shape index (κ3) is 3.80. The van der Waals surface area contributed by atoms with Crippen LogP contribution >= 0.6 is 0 Å². The fourth-order valence-electron chi connectivity index (χ4n) is 2.26. The molecule has 0 atom stereocenters. The molecule has 0 saturated heterocycles. The lowest BCUT2D eigenvalue weighted by Crippen LogP contribution is -2.29. The summed E-state index contributed by atoms with van der Waals surface area (Å²) in [4.78, 5) is 6.92. The van der Waals surface area contributed by atoms with Gasteiger partial charge in [-0.2, -0.15) is 0 Å². The maximum atomic E-state index is 4.45. The molecule has 2 rings (SSSR count). The Hall–Kier alpha value is -1.35. The van der Waals surface area contributed by atoms with E-state index < -0.39 is 0 Å². The Labute approximate surface area is 116 Å². The van der Waals surface area contributed by atoms with Crippen LogP contribution < -0.4 is 10.2 Å². The summed E-state index contributed by atoms with van der Waals surface area (Å²) < 4.78 is 0. The van der Waals surface area contributed by atoms with E-state index in [1.54, 1.807) is 0 Å². The van der Waals surface area contributed by atoms with E-state index in [1.165, 1.54) is 24.1 Å². The predicted octanol–water partition coefficient (Wildman–Crippen LogP) is 3.04. The molecule has 3 heteroatoms. The molecule has 0 aromatic carbocycles. The lowest BCUT2D eigenvalue weighted by molar-refractivity contribution is 0.587. The second-order valence-corrected chi connectivity index (χ2v) is 5.66. The van der Waals surface area contributed by atoms with Crippen molar-refractivity contribution in [3.05, 3.63) is 36.2 Å². The van der Waals surface area contributed by atoms with E-state index in [9.17, 15) is 0 Å². The van der Waals surface area contributed by atoms with Crippen LogP contribution in [-0.4, -0.2) is 23.6 Å². The summed E-state index contributed by atoms with van der Waals surface area (Å²) in [7, 11) is 0. The van der Waals surface area contributed by atoms with Gasteiger partial charge in [0.1, 0.15) is 0 Å². The van der Waals surface area contributed by atoms with Gasteiger partial charge in [-0.1, -0.05) is 19.9 Å². The van der Waals surface area contributed by atoms with Gasteiger partial charge in [-0.25, -0.2) is 0 Å². The van der Waals surface area contributed by atoms with Crippen molar-refractivity contribution in [2.24, 2.45) is 0 Å². The van der Waals surface area contributed by atoms with E-state index in [0.717, 1.165) is 18.8 Å². The average molecular weight is 259 g/mol. The van der Waals surface area contributed by atoms with Crippen LogP contribution in [0, 0.1) is 6.92 Å². The number of pyridine rings is 1. The molecule has 0 amide bonds. The number of nitrogens with zero attached hydrogens (tertiary/aromatic N) is 2. The largest absolute Gasteiger partial charge is 0.364 e. The SMILES string of the molecule is C=CCN(c1cc(C)ncc1CNC(C)C)C1CC1. The number of nitrogens with one attached hydrogen (secondary N) is 1. The van der Waals surface area contributed by atoms with Crippen molar-refractivity contribution in [2.75, 3.05) is 11.4 Å². The van der Waals surface area contributed by atoms with Crippen LogP contribution in [0.2, 0.25) is 0 Å². The first-order chi connectivity index (χ1) is 9.11. The van der Waals surface area contributed by atoms with E-state index in [-0.39, 0.29) is 0 Å². The van der Waals surface area contributed by atoms with Crippen LogP contribution in [0.4, 0.5) is 5.69 Å². The number of anilines is 1. The molecule has 0 spiro atoms. The minimum absolute atomic E-state index is 0.489. The lowest BCUT2D eigenvalue weighted by atomic mass is 10.1.